The summed E-state index contributed by atoms with van der Waals surface area (Å²) in [5.41, 5.74) is 10.1. The molecule has 0 aliphatic rings. The Morgan fingerprint density at radius 2 is 1.42 bits per heavy atom. The van der Waals surface area contributed by atoms with Crippen molar-refractivity contribution in [3.8, 4) is 0 Å². The van der Waals surface area contributed by atoms with Crippen molar-refractivity contribution in [2.45, 2.75) is 26.9 Å². The molecule has 114 valence electrons. The SMILES string of the molecule is CC(C)OC(=O)OCCN.CCOC(=O)OCCN. The Hall–Kier alpha value is -1.54. The number of hydrogen-bond acceptors (Lipinski definition) is 8. The largest absolute Gasteiger partial charge is 0.508 e. The molecule has 8 heteroatoms. The van der Waals surface area contributed by atoms with Gasteiger partial charge in [-0.25, -0.2) is 9.59 Å². The molecule has 0 aromatic rings. The lowest BCUT2D eigenvalue weighted by Crippen LogP contribution is -2.17. The predicted octanol–water partition coefficient (Wildman–Crippen LogP) is 0.625. The van der Waals surface area contributed by atoms with Crippen LogP contribution in [0.3, 0.4) is 0 Å². The highest BCUT2D eigenvalue weighted by molar-refractivity contribution is 5.60. The van der Waals surface area contributed by atoms with Crippen LogP contribution >= 0.6 is 0 Å². The van der Waals surface area contributed by atoms with Crippen LogP contribution in [0.4, 0.5) is 9.59 Å². The Morgan fingerprint density at radius 1 is 0.947 bits per heavy atom. The van der Waals surface area contributed by atoms with Crippen molar-refractivity contribution in [3.05, 3.63) is 0 Å². The van der Waals surface area contributed by atoms with Gasteiger partial charge in [-0.1, -0.05) is 0 Å². The minimum atomic E-state index is -0.652. The molecule has 0 unspecified atom stereocenters. The fraction of sp³-hybridized carbons (Fsp3) is 0.818. The predicted molar refractivity (Wildman–Crippen MR) is 68.7 cm³/mol. The fourth-order valence-corrected chi connectivity index (χ4v) is 0.671. The standard InChI is InChI=1S/C6H13NO3.C5H11NO3/c1-5(2)10-6(8)9-4-3-7;1-2-8-5(7)9-4-3-6/h5H,3-4,7H2,1-2H3;2-4,6H2,1H3. The summed E-state index contributed by atoms with van der Waals surface area (Å²) >= 11 is 0. The van der Waals surface area contributed by atoms with E-state index < -0.39 is 12.3 Å². The van der Waals surface area contributed by atoms with Crippen LogP contribution in [0, 0.1) is 0 Å². The number of rotatable bonds is 6. The van der Waals surface area contributed by atoms with Gasteiger partial charge in [0.15, 0.2) is 0 Å². The quantitative estimate of drug-likeness (QED) is 0.679. The molecule has 0 bridgehead atoms. The Balaban J connectivity index is 0. The van der Waals surface area contributed by atoms with Gasteiger partial charge in [0.05, 0.1) is 12.7 Å². The Morgan fingerprint density at radius 3 is 1.79 bits per heavy atom. The van der Waals surface area contributed by atoms with Gasteiger partial charge in [-0.05, 0) is 20.8 Å². The van der Waals surface area contributed by atoms with Crippen LogP contribution in [0.2, 0.25) is 0 Å². The summed E-state index contributed by atoms with van der Waals surface area (Å²) in [5.74, 6) is 0. The van der Waals surface area contributed by atoms with E-state index >= 15 is 0 Å². The van der Waals surface area contributed by atoms with Crippen molar-refractivity contribution in [2.75, 3.05) is 32.9 Å². The highest BCUT2D eigenvalue weighted by atomic mass is 16.7. The average molecular weight is 280 g/mol. The van der Waals surface area contributed by atoms with Crippen molar-refractivity contribution in [1.29, 1.82) is 0 Å². The van der Waals surface area contributed by atoms with Crippen LogP contribution < -0.4 is 11.5 Å². The molecule has 0 aromatic carbocycles. The van der Waals surface area contributed by atoms with E-state index in [-0.39, 0.29) is 19.3 Å². The molecule has 4 N–H and O–H groups in total. The third kappa shape index (κ3) is 19.0. The fourth-order valence-electron chi connectivity index (χ4n) is 0.671. The molecule has 0 saturated carbocycles. The second-order valence-corrected chi connectivity index (χ2v) is 3.37. The van der Waals surface area contributed by atoms with E-state index in [1.165, 1.54) is 0 Å². The van der Waals surface area contributed by atoms with Gasteiger partial charge in [0.25, 0.3) is 0 Å². The molecular formula is C11H24N2O6. The van der Waals surface area contributed by atoms with E-state index in [1.807, 2.05) is 0 Å². The maximum Gasteiger partial charge on any atom is 0.508 e. The Kier molecular flexibility index (Phi) is 15.1. The van der Waals surface area contributed by atoms with Crippen molar-refractivity contribution in [2.24, 2.45) is 11.5 Å². The first-order chi connectivity index (χ1) is 8.97. The Bertz CT molecular complexity index is 235. The lowest BCUT2D eigenvalue weighted by atomic mass is 10.5. The number of nitrogens with two attached hydrogens (primary N) is 2. The maximum absolute atomic E-state index is 10.5. The van der Waals surface area contributed by atoms with Crippen molar-refractivity contribution < 1.29 is 28.5 Å². The molecule has 0 atom stereocenters. The van der Waals surface area contributed by atoms with E-state index in [2.05, 4.69) is 18.9 Å². The molecule has 0 fully saturated rings. The summed E-state index contributed by atoms with van der Waals surface area (Å²) in [5, 5.41) is 0. The molecule has 0 saturated heterocycles. The lowest BCUT2D eigenvalue weighted by molar-refractivity contribution is 0.0364. The first-order valence-electron chi connectivity index (χ1n) is 6.00. The number of carbonyl (C=O) groups is 2. The molecular weight excluding hydrogens is 256 g/mol. The van der Waals surface area contributed by atoms with Gasteiger partial charge >= 0.3 is 12.3 Å². The van der Waals surface area contributed by atoms with E-state index in [0.717, 1.165) is 0 Å². The molecule has 0 heterocycles. The zero-order valence-corrected chi connectivity index (χ0v) is 11.7. The van der Waals surface area contributed by atoms with Gasteiger partial charge in [0, 0.05) is 13.1 Å². The first-order valence-corrected chi connectivity index (χ1v) is 6.00. The average Bonchev–Trinajstić information content (AvgIpc) is 2.34. The van der Waals surface area contributed by atoms with Crippen LogP contribution in [-0.4, -0.2) is 51.3 Å². The monoisotopic (exact) mass is 280 g/mol. The molecule has 0 rings (SSSR count). The molecule has 19 heavy (non-hydrogen) atoms. The summed E-state index contributed by atoms with van der Waals surface area (Å²) < 4.78 is 18.0. The number of ether oxygens (including phenoxy) is 4. The van der Waals surface area contributed by atoms with Gasteiger partial charge in [-0.2, -0.15) is 0 Å². The first kappa shape index (κ1) is 19.8. The summed E-state index contributed by atoms with van der Waals surface area (Å²) in [6.45, 7) is 6.65. The summed E-state index contributed by atoms with van der Waals surface area (Å²) in [6, 6.07) is 0. The van der Waals surface area contributed by atoms with Crippen molar-refractivity contribution in [3.63, 3.8) is 0 Å². The van der Waals surface area contributed by atoms with Gasteiger partial charge in [0.1, 0.15) is 13.2 Å². The summed E-state index contributed by atoms with van der Waals surface area (Å²) in [6.07, 6.45) is -1.44. The molecule has 0 aromatic heterocycles. The van der Waals surface area contributed by atoms with E-state index in [4.69, 9.17) is 11.5 Å². The van der Waals surface area contributed by atoms with Gasteiger partial charge in [0.2, 0.25) is 0 Å². The minimum absolute atomic E-state index is 0.134. The third-order valence-electron chi connectivity index (χ3n) is 1.27. The van der Waals surface area contributed by atoms with Crippen LogP contribution in [-0.2, 0) is 18.9 Å². The molecule has 0 radical (unpaired) electrons. The number of hydrogen-bond donors (Lipinski definition) is 2. The molecule has 0 aliphatic heterocycles. The molecule has 8 nitrogen and oxygen atoms in total. The van der Waals surface area contributed by atoms with Crippen molar-refractivity contribution >= 4 is 12.3 Å². The summed E-state index contributed by atoms with van der Waals surface area (Å²) in [4.78, 5) is 20.8. The third-order valence-corrected chi connectivity index (χ3v) is 1.27. The van der Waals surface area contributed by atoms with Gasteiger partial charge in [-0.3, -0.25) is 0 Å². The summed E-state index contributed by atoms with van der Waals surface area (Å²) in [7, 11) is 0. The van der Waals surface area contributed by atoms with Crippen LogP contribution in [0.25, 0.3) is 0 Å². The second-order valence-electron chi connectivity index (χ2n) is 3.37. The zero-order valence-electron chi connectivity index (χ0n) is 11.7. The highest BCUT2D eigenvalue weighted by Gasteiger charge is 2.04. The van der Waals surface area contributed by atoms with E-state index in [0.29, 0.717) is 19.7 Å². The van der Waals surface area contributed by atoms with Crippen molar-refractivity contribution in [1.82, 2.24) is 0 Å². The minimum Gasteiger partial charge on any atom is -0.435 e. The molecule has 0 amide bonds. The topological polar surface area (TPSA) is 123 Å². The second kappa shape index (κ2) is 14.5. The smallest absolute Gasteiger partial charge is 0.435 e. The zero-order chi connectivity index (χ0) is 15.1. The van der Waals surface area contributed by atoms with Gasteiger partial charge < -0.3 is 30.4 Å². The normalized spacial score (nSPS) is 9.16. The maximum atomic E-state index is 10.5. The van der Waals surface area contributed by atoms with Crippen LogP contribution in [0.1, 0.15) is 20.8 Å². The lowest BCUT2D eigenvalue weighted by Gasteiger charge is -2.06. The molecule has 0 spiro atoms. The van der Waals surface area contributed by atoms with Crippen LogP contribution in [0.15, 0.2) is 0 Å². The highest BCUT2D eigenvalue weighted by Crippen LogP contribution is 1.91. The van der Waals surface area contributed by atoms with E-state index in [1.54, 1.807) is 20.8 Å². The number of carbonyl (C=O) groups excluding carboxylic acids is 2. The Labute approximate surface area is 113 Å². The van der Waals surface area contributed by atoms with Crippen LogP contribution in [0.5, 0.6) is 0 Å². The van der Waals surface area contributed by atoms with E-state index in [9.17, 15) is 9.59 Å². The molecule has 0 aliphatic carbocycles. The van der Waals surface area contributed by atoms with Gasteiger partial charge in [-0.15, -0.1) is 0 Å².